The van der Waals surface area contributed by atoms with Crippen molar-refractivity contribution in [3.05, 3.63) is 30.1 Å². The molecule has 0 aromatic carbocycles. The van der Waals surface area contributed by atoms with Gasteiger partial charge in [0.15, 0.2) is 0 Å². The van der Waals surface area contributed by atoms with Crippen LogP contribution in [0.5, 0.6) is 0 Å². The van der Waals surface area contributed by atoms with E-state index in [-0.39, 0.29) is 20.4 Å². The number of hydrogen-bond acceptors (Lipinski definition) is 1. The Morgan fingerprint density at radius 1 is 1.50 bits per heavy atom. The van der Waals surface area contributed by atoms with E-state index in [1.54, 1.807) is 0 Å². The van der Waals surface area contributed by atoms with Crippen molar-refractivity contribution >= 4 is 0 Å². The maximum absolute atomic E-state index is 3.88. The fourth-order valence-electron chi connectivity index (χ4n) is 0.673. The summed E-state index contributed by atoms with van der Waals surface area (Å²) in [6.07, 6.45) is 4.59. The maximum atomic E-state index is 3.88. The zero-order chi connectivity index (χ0) is 6.69. The van der Waals surface area contributed by atoms with E-state index in [0.29, 0.717) is 5.92 Å². The van der Waals surface area contributed by atoms with Crippen molar-refractivity contribution in [2.45, 2.75) is 19.8 Å². The topological polar surface area (TPSA) is 12.9 Å². The predicted octanol–water partition coefficient (Wildman–Crippen LogP) is 2.00. The Labute approximate surface area is 75.5 Å². The Morgan fingerprint density at radius 2 is 2.20 bits per heavy atom. The van der Waals surface area contributed by atoms with E-state index >= 15 is 0 Å². The molecule has 0 bridgehead atoms. The third kappa shape index (κ3) is 2.60. The molecule has 0 unspecified atom stereocenters. The molecule has 10 heavy (non-hydrogen) atoms. The minimum absolute atomic E-state index is 0. The molecule has 0 fully saturated rings. The molecular formula is C8H10NRe-. The summed E-state index contributed by atoms with van der Waals surface area (Å²) < 4.78 is 0. The molecule has 1 rings (SSSR count). The first-order valence-electron chi connectivity index (χ1n) is 3.12. The Bertz CT molecular complexity index is 172. The first-order chi connectivity index (χ1) is 4.30. The van der Waals surface area contributed by atoms with Gasteiger partial charge < -0.3 is 4.98 Å². The molecule has 0 saturated heterocycles. The fraction of sp³-hybridized carbons (Fsp3) is 0.375. The molecule has 0 aliphatic heterocycles. The monoisotopic (exact) mass is 307 g/mol. The van der Waals surface area contributed by atoms with E-state index in [2.05, 4.69) is 25.0 Å². The Balaban J connectivity index is 0.000000810. The van der Waals surface area contributed by atoms with Gasteiger partial charge in [-0.05, 0) is 5.92 Å². The maximum Gasteiger partial charge on any atom is 0 e. The molecule has 55 valence electrons. The summed E-state index contributed by atoms with van der Waals surface area (Å²) in [7, 11) is 0. The first kappa shape index (κ1) is 9.81. The van der Waals surface area contributed by atoms with Gasteiger partial charge in [-0.15, -0.1) is 5.56 Å². The SMILES string of the molecule is CC(C)c1cc[c-]nc1.[Re]. The Hall–Kier alpha value is -0.188. The Kier molecular flexibility index (Phi) is 4.51. The molecule has 1 heterocycles. The van der Waals surface area contributed by atoms with Gasteiger partial charge in [0.25, 0.3) is 0 Å². The van der Waals surface area contributed by atoms with Gasteiger partial charge in [-0.1, -0.05) is 26.2 Å². The van der Waals surface area contributed by atoms with Crippen molar-refractivity contribution < 1.29 is 20.4 Å². The first-order valence-corrected chi connectivity index (χ1v) is 3.12. The van der Waals surface area contributed by atoms with Gasteiger partial charge in [0.2, 0.25) is 0 Å². The third-order valence-electron chi connectivity index (χ3n) is 1.31. The van der Waals surface area contributed by atoms with Gasteiger partial charge in [-0.25, -0.2) is 0 Å². The van der Waals surface area contributed by atoms with Crippen LogP contribution in [-0.2, 0) is 20.4 Å². The summed E-state index contributed by atoms with van der Waals surface area (Å²) in [5, 5.41) is 0. The molecule has 1 nitrogen and oxygen atoms in total. The molecule has 1 aromatic rings. The summed E-state index contributed by atoms with van der Waals surface area (Å²) in [5.74, 6) is 0.576. The van der Waals surface area contributed by atoms with E-state index in [1.165, 1.54) is 5.56 Å². The second-order valence-corrected chi connectivity index (χ2v) is 2.38. The van der Waals surface area contributed by atoms with Gasteiger partial charge in [0.05, 0.1) is 0 Å². The molecule has 0 saturated carbocycles. The fourth-order valence-corrected chi connectivity index (χ4v) is 0.673. The number of nitrogens with zero attached hydrogens (tertiary/aromatic N) is 1. The van der Waals surface area contributed by atoms with Crippen LogP contribution in [0.1, 0.15) is 25.3 Å². The second-order valence-electron chi connectivity index (χ2n) is 2.38. The zero-order valence-electron chi connectivity index (χ0n) is 6.13. The molecular weight excluding hydrogens is 296 g/mol. The predicted molar refractivity (Wildman–Crippen MR) is 37.2 cm³/mol. The molecule has 1 aromatic heterocycles. The second kappa shape index (κ2) is 4.60. The number of aromatic nitrogens is 1. The van der Waals surface area contributed by atoms with E-state index in [9.17, 15) is 0 Å². The summed E-state index contributed by atoms with van der Waals surface area (Å²) >= 11 is 0. The standard InChI is InChI=1S/C8H10N.Re/c1-7(2)8-4-3-5-9-6-8;/h3-4,6-7H,1-2H3;/q-1;. The van der Waals surface area contributed by atoms with Crippen LogP contribution in [-0.4, -0.2) is 4.98 Å². The average Bonchev–Trinajstić information content (AvgIpc) is 1.90. The van der Waals surface area contributed by atoms with Crippen LogP contribution < -0.4 is 0 Å². The third-order valence-corrected chi connectivity index (χ3v) is 1.31. The normalized spacial score (nSPS) is 9.10. The minimum atomic E-state index is 0. The summed E-state index contributed by atoms with van der Waals surface area (Å²) in [6, 6.07) is 3.88. The number of pyridine rings is 1. The molecule has 0 aliphatic rings. The molecule has 2 heteroatoms. The number of hydrogen-bond donors (Lipinski definition) is 0. The van der Waals surface area contributed by atoms with E-state index in [0.717, 1.165) is 0 Å². The van der Waals surface area contributed by atoms with Crippen LogP contribution in [0.15, 0.2) is 18.3 Å². The van der Waals surface area contributed by atoms with Gasteiger partial charge >= 0.3 is 0 Å². The zero-order valence-corrected chi connectivity index (χ0v) is 8.85. The van der Waals surface area contributed by atoms with Gasteiger partial charge in [-0.2, -0.15) is 12.1 Å². The van der Waals surface area contributed by atoms with Crippen molar-refractivity contribution in [3.63, 3.8) is 0 Å². The van der Waals surface area contributed by atoms with Crippen molar-refractivity contribution in [2.24, 2.45) is 0 Å². The van der Waals surface area contributed by atoms with Gasteiger partial charge in [0, 0.05) is 20.4 Å². The van der Waals surface area contributed by atoms with Crippen molar-refractivity contribution in [3.8, 4) is 0 Å². The molecule has 0 atom stereocenters. The van der Waals surface area contributed by atoms with Crippen LogP contribution in [0.25, 0.3) is 0 Å². The summed E-state index contributed by atoms with van der Waals surface area (Å²) in [5.41, 5.74) is 1.27. The van der Waals surface area contributed by atoms with Crippen molar-refractivity contribution in [2.75, 3.05) is 0 Å². The van der Waals surface area contributed by atoms with Crippen molar-refractivity contribution in [1.82, 2.24) is 4.98 Å². The van der Waals surface area contributed by atoms with Crippen molar-refractivity contribution in [1.29, 1.82) is 0 Å². The largest absolute Gasteiger partial charge is 0.394 e. The smallest absolute Gasteiger partial charge is 0 e. The molecule has 0 aliphatic carbocycles. The van der Waals surface area contributed by atoms with Crippen LogP contribution in [0.4, 0.5) is 0 Å². The van der Waals surface area contributed by atoms with Crippen LogP contribution in [0.2, 0.25) is 0 Å². The van der Waals surface area contributed by atoms with Crippen LogP contribution >= 0.6 is 0 Å². The van der Waals surface area contributed by atoms with Crippen LogP contribution in [0, 0.1) is 6.20 Å². The quantitative estimate of drug-likeness (QED) is 0.723. The van der Waals surface area contributed by atoms with Gasteiger partial charge in [-0.3, -0.25) is 0 Å². The summed E-state index contributed by atoms with van der Waals surface area (Å²) in [6.45, 7) is 4.30. The molecule has 0 amide bonds. The van der Waals surface area contributed by atoms with E-state index in [4.69, 9.17) is 0 Å². The van der Waals surface area contributed by atoms with Gasteiger partial charge in [0.1, 0.15) is 0 Å². The Morgan fingerprint density at radius 3 is 2.50 bits per heavy atom. The molecule has 0 N–H and O–H groups in total. The van der Waals surface area contributed by atoms with Crippen LogP contribution in [0.3, 0.4) is 0 Å². The van der Waals surface area contributed by atoms with E-state index in [1.807, 2.05) is 18.3 Å². The minimum Gasteiger partial charge on any atom is -0.394 e. The summed E-state index contributed by atoms with van der Waals surface area (Å²) in [4.78, 5) is 3.88. The molecule has 1 radical (unpaired) electrons. The number of rotatable bonds is 1. The van der Waals surface area contributed by atoms with E-state index < -0.39 is 0 Å². The molecule has 0 spiro atoms. The average molecular weight is 306 g/mol.